The van der Waals surface area contributed by atoms with E-state index in [9.17, 15) is 4.79 Å². The summed E-state index contributed by atoms with van der Waals surface area (Å²) in [6, 6.07) is 27.2. The summed E-state index contributed by atoms with van der Waals surface area (Å²) >= 11 is 1.63. The minimum atomic E-state index is -0.0268. The molecule has 1 aliphatic heterocycles. The lowest BCUT2D eigenvalue weighted by Crippen LogP contribution is -2.29. The highest BCUT2D eigenvalue weighted by molar-refractivity contribution is 7.14. The SMILES string of the molecule is CCCCc1ccc(NC(=O)c2cc3c(s2)CCN(c2cccc(-c4nc5ccccc5n4C)c2)C3)cc1. The fourth-order valence-corrected chi connectivity index (χ4v) is 6.30. The number of para-hydroxylation sites is 2. The van der Waals surface area contributed by atoms with E-state index >= 15 is 0 Å². The van der Waals surface area contributed by atoms with Gasteiger partial charge in [0, 0.05) is 42.0 Å². The molecule has 2 aromatic heterocycles. The number of aromatic nitrogens is 2. The van der Waals surface area contributed by atoms with E-state index in [2.05, 4.69) is 89.4 Å². The normalized spacial score (nSPS) is 13.1. The summed E-state index contributed by atoms with van der Waals surface area (Å²) in [6.45, 7) is 3.94. The van der Waals surface area contributed by atoms with Gasteiger partial charge in [0.25, 0.3) is 5.91 Å². The van der Waals surface area contributed by atoms with E-state index in [4.69, 9.17) is 4.98 Å². The Morgan fingerprint density at radius 3 is 2.68 bits per heavy atom. The van der Waals surface area contributed by atoms with Crippen LogP contribution in [0.15, 0.2) is 78.9 Å². The van der Waals surface area contributed by atoms with Crippen LogP contribution in [0.5, 0.6) is 0 Å². The zero-order valence-electron chi connectivity index (χ0n) is 21.9. The topological polar surface area (TPSA) is 50.2 Å². The quantitative estimate of drug-likeness (QED) is 0.242. The lowest BCUT2D eigenvalue weighted by Gasteiger charge is -2.29. The van der Waals surface area contributed by atoms with Gasteiger partial charge in [-0.25, -0.2) is 4.98 Å². The van der Waals surface area contributed by atoms with Crippen LogP contribution >= 0.6 is 11.3 Å². The Morgan fingerprint density at radius 1 is 1.03 bits per heavy atom. The molecular formula is C32H32N4OS. The smallest absolute Gasteiger partial charge is 0.265 e. The van der Waals surface area contributed by atoms with E-state index in [1.54, 1.807) is 11.3 Å². The zero-order valence-corrected chi connectivity index (χ0v) is 22.7. The maximum absolute atomic E-state index is 13.0. The number of anilines is 2. The van der Waals surface area contributed by atoms with Gasteiger partial charge in [-0.15, -0.1) is 11.3 Å². The van der Waals surface area contributed by atoms with Crippen molar-refractivity contribution < 1.29 is 4.79 Å². The average Bonchev–Trinajstić information content (AvgIpc) is 3.54. The highest BCUT2D eigenvalue weighted by Crippen LogP contribution is 2.33. The standard InChI is InChI=1S/C32H32N4OS/c1-3-4-8-22-13-15-25(16-14-22)33-32(37)30-20-24-21-36(18-17-29(24)38-30)26-10-7-9-23(19-26)31-34-27-11-5-6-12-28(27)35(31)2/h5-7,9-16,19-20H,3-4,8,17-18,21H2,1-2H3,(H,33,37). The van der Waals surface area contributed by atoms with Crippen molar-refractivity contribution in [2.24, 2.45) is 7.05 Å². The number of carbonyl (C=O) groups is 1. The van der Waals surface area contributed by atoms with Crippen LogP contribution in [0.25, 0.3) is 22.4 Å². The molecule has 5 aromatic rings. The van der Waals surface area contributed by atoms with Crippen LogP contribution in [0.3, 0.4) is 0 Å². The first-order valence-electron chi connectivity index (χ1n) is 13.4. The molecular weight excluding hydrogens is 488 g/mol. The third-order valence-corrected chi connectivity index (χ3v) is 8.61. The Hall–Kier alpha value is -3.90. The maximum Gasteiger partial charge on any atom is 0.265 e. The van der Waals surface area contributed by atoms with Crippen molar-refractivity contribution >= 4 is 39.7 Å². The summed E-state index contributed by atoms with van der Waals surface area (Å²) in [6.07, 6.45) is 4.40. The number of aryl methyl sites for hydroxylation is 2. The van der Waals surface area contributed by atoms with Gasteiger partial charge in [-0.1, -0.05) is 49.7 Å². The molecule has 0 radical (unpaired) electrons. The second-order valence-corrected chi connectivity index (χ2v) is 11.2. The second-order valence-electron chi connectivity index (χ2n) is 10.0. The first kappa shape index (κ1) is 24.4. The average molecular weight is 521 g/mol. The number of nitrogens with zero attached hydrogens (tertiary/aromatic N) is 3. The number of benzene rings is 3. The van der Waals surface area contributed by atoms with Crippen molar-refractivity contribution in [1.82, 2.24) is 9.55 Å². The highest BCUT2D eigenvalue weighted by atomic mass is 32.1. The van der Waals surface area contributed by atoms with E-state index in [1.165, 1.54) is 34.5 Å². The number of hydrogen-bond acceptors (Lipinski definition) is 4. The van der Waals surface area contributed by atoms with Crippen molar-refractivity contribution in [3.05, 3.63) is 99.7 Å². The summed E-state index contributed by atoms with van der Waals surface area (Å²) < 4.78 is 2.16. The fraction of sp³-hybridized carbons (Fsp3) is 0.250. The Bertz CT molecular complexity index is 1600. The molecule has 1 aliphatic rings. The molecule has 1 amide bonds. The third-order valence-electron chi connectivity index (χ3n) is 7.38. The molecule has 6 rings (SSSR count). The largest absolute Gasteiger partial charge is 0.367 e. The van der Waals surface area contributed by atoms with E-state index in [0.717, 1.165) is 58.9 Å². The predicted molar refractivity (Wildman–Crippen MR) is 158 cm³/mol. The molecule has 0 spiro atoms. The lowest BCUT2D eigenvalue weighted by atomic mass is 10.1. The Kier molecular flexibility index (Phi) is 6.73. The van der Waals surface area contributed by atoms with Gasteiger partial charge in [0.1, 0.15) is 5.82 Å². The number of hydrogen-bond donors (Lipinski definition) is 1. The van der Waals surface area contributed by atoms with E-state index < -0.39 is 0 Å². The Morgan fingerprint density at radius 2 is 1.87 bits per heavy atom. The monoisotopic (exact) mass is 520 g/mol. The van der Waals surface area contributed by atoms with Gasteiger partial charge in [-0.2, -0.15) is 0 Å². The highest BCUT2D eigenvalue weighted by Gasteiger charge is 2.22. The summed E-state index contributed by atoms with van der Waals surface area (Å²) in [4.78, 5) is 22.4. The van der Waals surface area contributed by atoms with Gasteiger partial charge in [0.05, 0.1) is 15.9 Å². The number of carbonyl (C=O) groups excluding carboxylic acids is 1. The molecule has 0 saturated carbocycles. The first-order chi connectivity index (χ1) is 18.6. The molecule has 0 atom stereocenters. The third kappa shape index (κ3) is 4.84. The Balaban J connectivity index is 1.17. The molecule has 3 heterocycles. The molecule has 192 valence electrons. The van der Waals surface area contributed by atoms with Crippen LogP contribution in [0.2, 0.25) is 0 Å². The number of unbranched alkanes of at least 4 members (excludes halogenated alkanes) is 1. The van der Waals surface area contributed by atoms with Crippen LogP contribution in [0.4, 0.5) is 11.4 Å². The van der Waals surface area contributed by atoms with Gasteiger partial charge < -0.3 is 14.8 Å². The van der Waals surface area contributed by atoms with Crippen LogP contribution in [-0.2, 0) is 26.4 Å². The minimum absolute atomic E-state index is 0.0268. The molecule has 1 N–H and O–H groups in total. The van der Waals surface area contributed by atoms with Gasteiger partial charge in [-0.3, -0.25) is 4.79 Å². The van der Waals surface area contributed by atoms with Crippen molar-refractivity contribution in [2.45, 2.75) is 39.2 Å². The van der Waals surface area contributed by atoms with E-state index in [1.807, 2.05) is 18.2 Å². The number of amides is 1. The predicted octanol–water partition coefficient (Wildman–Crippen LogP) is 7.46. The van der Waals surface area contributed by atoms with Gasteiger partial charge >= 0.3 is 0 Å². The number of rotatable bonds is 7. The Labute approximate surface area is 227 Å². The second kappa shape index (κ2) is 10.5. The van der Waals surface area contributed by atoms with Crippen LogP contribution < -0.4 is 10.2 Å². The molecule has 6 heteroatoms. The molecule has 0 unspecified atom stereocenters. The van der Waals surface area contributed by atoms with Crippen molar-refractivity contribution in [3.8, 4) is 11.4 Å². The van der Waals surface area contributed by atoms with Crippen LogP contribution in [-0.4, -0.2) is 22.0 Å². The van der Waals surface area contributed by atoms with E-state index in [-0.39, 0.29) is 5.91 Å². The molecule has 0 fully saturated rings. The summed E-state index contributed by atoms with van der Waals surface area (Å²) in [5.74, 6) is 0.944. The van der Waals surface area contributed by atoms with Crippen LogP contribution in [0, 0.1) is 0 Å². The maximum atomic E-state index is 13.0. The number of thiophene rings is 1. The molecule has 0 aliphatic carbocycles. The van der Waals surface area contributed by atoms with Gasteiger partial charge in [-0.05, 0) is 72.9 Å². The molecule has 0 saturated heterocycles. The summed E-state index contributed by atoms with van der Waals surface area (Å²) in [7, 11) is 2.07. The molecule has 5 nitrogen and oxygen atoms in total. The van der Waals surface area contributed by atoms with Crippen molar-refractivity contribution in [1.29, 1.82) is 0 Å². The van der Waals surface area contributed by atoms with Gasteiger partial charge in [0.2, 0.25) is 0 Å². The minimum Gasteiger partial charge on any atom is -0.367 e. The zero-order chi connectivity index (χ0) is 26.1. The summed E-state index contributed by atoms with van der Waals surface area (Å²) in [5.41, 5.74) is 7.84. The first-order valence-corrected chi connectivity index (χ1v) is 14.2. The fourth-order valence-electron chi connectivity index (χ4n) is 5.24. The summed E-state index contributed by atoms with van der Waals surface area (Å²) in [5, 5.41) is 3.08. The van der Waals surface area contributed by atoms with E-state index in [0.29, 0.717) is 0 Å². The molecule has 3 aromatic carbocycles. The van der Waals surface area contributed by atoms with Crippen molar-refractivity contribution in [2.75, 3.05) is 16.8 Å². The van der Waals surface area contributed by atoms with Crippen molar-refractivity contribution in [3.63, 3.8) is 0 Å². The number of nitrogens with one attached hydrogen (secondary N) is 1. The van der Waals surface area contributed by atoms with Crippen LogP contribution in [0.1, 0.15) is 45.4 Å². The number of fused-ring (bicyclic) bond motifs is 2. The number of imidazole rings is 1. The molecule has 0 bridgehead atoms. The lowest BCUT2D eigenvalue weighted by molar-refractivity contribution is 0.103. The van der Waals surface area contributed by atoms with Gasteiger partial charge in [0.15, 0.2) is 0 Å². The molecule has 38 heavy (non-hydrogen) atoms.